The van der Waals surface area contributed by atoms with Crippen molar-refractivity contribution in [2.75, 3.05) is 5.32 Å². The number of nitrogens with zero attached hydrogens (tertiary/aromatic N) is 4. The highest BCUT2D eigenvalue weighted by atomic mass is 15.5. The molecule has 0 amide bonds. The lowest BCUT2D eigenvalue weighted by Crippen LogP contribution is -2.01. The summed E-state index contributed by atoms with van der Waals surface area (Å²) in [5.41, 5.74) is 2.18. The fourth-order valence-electron chi connectivity index (χ4n) is 1.69. The Bertz CT molecular complexity index is 501. The molecule has 1 aromatic heterocycles. The topological polar surface area (TPSA) is 55.6 Å². The molecule has 0 spiro atoms. The van der Waals surface area contributed by atoms with Crippen LogP contribution in [-0.4, -0.2) is 26.2 Å². The van der Waals surface area contributed by atoms with Gasteiger partial charge in [-0.2, -0.15) is 0 Å². The van der Waals surface area contributed by atoms with Gasteiger partial charge in [-0.25, -0.2) is 4.68 Å². The SMILES string of the molecule is Cn1nnnc1-c1cccc(NC2CC2)c1. The molecule has 1 fully saturated rings. The van der Waals surface area contributed by atoms with E-state index >= 15 is 0 Å². The molecule has 3 rings (SSSR count). The van der Waals surface area contributed by atoms with Crippen LogP contribution in [0, 0.1) is 0 Å². The molecule has 0 atom stereocenters. The van der Waals surface area contributed by atoms with Crippen molar-refractivity contribution in [2.45, 2.75) is 18.9 Å². The van der Waals surface area contributed by atoms with E-state index in [1.165, 1.54) is 12.8 Å². The van der Waals surface area contributed by atoms with E-state index in [0.29, 0.717) is 6.04 Å². The summed E-state index contributed by atoms with van der Waals surface area (Å²) in [6.45, 7) is 0. The maximum Gasteiger partial charge on any atom is 0.181 e. The van der Waals surface area contributed by atoms with E-state index in [2.05, 4.69) is 33.0 Å². The van der Waals surface area contributed by atoms with Gasteiger partial charge in [0.15, 0.2) is 5.82 Å². The Labute approximate surface area is 93.5 Å². The highest BCUT2D eigenvalue weighted by molar-refractivity contribution is 5.62. The third-order valence-corrected chi connectivity index (χ3v) is 2.69. The molecular formula is C11H13N5. The summed E-state index contributed by atoms with van der Waals surface area (Å²) in [4.78, 5) is 0. The number of hydrogen-bond donors (Lipinski definition) is 1. The summed E-state index contributed by atoms with van der Waals surface area (Å²) in [6, 6.07) is 8.86. The Morgan fingerprint density at radius 2 is 2.25 bits per heavy atom. The summed E-state index contributed by atoms with van der Waals surface area (Å²) in [6.07, 6.45) is 2.55. The Hall–Kier alpha value is -1.91. The molecule has 1 N–H and O–H groups in total. The van der Waals surface area contributed by atoms with Crippen LogP contribution >= 0.6 is 0 Å². The van der Waals surface area contributed by atoms with Crippen molar-refractivity contribution in [3.8, 4) is 11.4 Å². The van der Waals surface area contributed by atoms with Crippen LogP contribution in [0.3, 0.4) is 0 Å². The molecule has 82 valence electrons. The van der Waals surface area contributed by atoms with E-state index in [0.717, 1.165) is 17.1 Å². The van der Waals surface area contributed by atoms with Crippen LogP contribution in [0.5, 0.6) is 0 Å². The summed E-state index contributed by atoms with van der Waals surface area (Å²) < 4.78 is 1.68. The molecule has 5 nitrogen and oxygen atoms in total. The lowest BCUT2D eigenvalue weighted by Gasteiger charge is -2.06. The molecule has 16 heavy (non-hydrogen) atoms. The summed E-state index contributed by atoms with van der Waals surface area (Å²) >= 11 is 0. The molecule has 0 radical (unpaired) electrons. The molecule has 0 aliphatic heterocycles. The maximum atomic E-state index is 4.00. The van der Waals surface area contributed by atoms with Gasteiger partial charge in [-0.15, -0.1) is 5.10 Å². The maximum absolute atomic E-state index is 4.00. The molecule has 2 aromatic rings. The zero-order valence-corrected chi connectivity index (χ0v) is 9.09. The van der Waals surface area contributed by atoms with E-state index in [1.54, 1.807) is 4.68 Å². The molecule has 1 aromatic carbocycles. The monoisotopic (exact) mass is 215 g/mol. The minimum atomic E-state index is 0.660. The third-order valence-electron chi connectivity index (χ3n) is 2.69. The largest absolute Gasteiger partial charge is 0.382 e. The van der Waals surface area contributed by atoms with Gasteiger partial charge in [-0.05, 0) is 35.4 Å². The zero-order chi connectivity index (χ0) is 11.0. The number of benzene rings is 1. The lowest BCUT2D eigenvalue weighted by molar-refractivity contribution is 0.714. The number of rotatable bonds is 3. The fourth-order valence-corrected chi connectivity index (χ4v) is 1.69. The molecule has 0 saturated heterocycles. The predicted molar refractivity (Wildman–Crippen MR) is 60.9 cm³/mol. The predicted octanol–water partition coefficient (Wildman–Crippen LogP) is 1.45. The van der Waals surface area contributed by atoms with Gasteiger partial charge < -0.3 is 5.32 Å². The molecule has 1 aliphatic carbocycles. The Morgan fingerprint density at radius 3 is 2.94 bits per heavy atom. The molecule has 1 saturated carbocycles. The van der Waals surface area contributed by atoms with Crippen LogP contribution in [0.1, 0.15) is 12.8 Å². The highest BCUT2D eigenvalue weighted by Gasteiger charge is 2.20. The normalized spacial score (nSPS) is 15.1. The number of anilines is 1. The van der Waals surface area contributed by atoms with Gasteiger partial charge in [0.05, 0.1) is 0 Å². The van der Waals surface area contributed by atoms with Crippen LogP contribution in [0.15, 0.2) is 24.3 Å². The number of nitrogens with one attached hydrogen (secondary N) is 1. The lowest BCUT2D eigenvalue weighted by atomic mass is 10.2. The van der Waals surface area contributed by atoms with Crippen molar-refractivity contribution < 1.29 is 0 Å². The van der Waals surface area contributed by atoms with Gasteiger partial charge in [0.2, 0.25) is 0 Å². The second-order valence-electron chi connectivity index (χ2n) is 4.13. The number of aromatic nitrogens is 4. The first-order chi connectivity index (χ1) is 7.83. The van der Waals surface area contributed by atoms with Crippen molar-refractivity contribution in [2.24, 2.45) is 7.05 Å². The molecule has 1 aliphatic rings. The summed E-state index contributed by atoms with van der Waals surface area (Å²) in [7, 11) is 1.84. The highest BCUT2D eigenvalue weighted by Crippen LogP contribution is 2.26. The van der Waals surface area contributed by atoms with Crippen molar-refractivity contribution in [3.05, 3.63) is 24.3 Å². The van der Waals surface area contributed by atoms with Gasteiger partial charge >= 0.3 is 0 Å². The van der Waals surface area contributed by atoms with Gasteiger partial charge in [-0.1, -0.05) is 12.1 Å². The van der Waals surface area contributed by atoms with Crippen molar-refractivity contribution >= 4 is 5.69 Å². The van der Waals surface area contributed by atoms with Crippen LogP contribution in [0.25, 0.3) is 11.4 Å². The first-order valence-electron chi connectivity index (χ1n) is 5.42. The number of hydrogen-bond acceptors (Lipinski definition) is 4. The molecule has 0 unspecified atom stereocenters. The molecule has 0 bridgehead atoms. The first kappa shape index (κ1) is 9.33. The van der Waals surface area contributed by atoms with Crippen molar-refractivity contribution in [1.82, 2.24) is 20.2 Å². The quantitative estimate of drug-likeness (QED) is 0.842. The average Bonchev–Trinajstić information content (AvgIpc) is 2.99. The molecular weight excluding hydrogens is 202 g/mol. The minimum Gasteiger partial charge on any atom is -0.382 e. The fraction of sp³-hybridized carbons (Fsp3) is 0.364. The van der Waals surface area contributed by atoms with E-state index in [9.17, 15) is 0 Å². The first-order valence-corrected chi connectivity index (χ1v) is 5.42. The summed E-state index contributed by atoms with van der Waals surface area (Å²) in [5, 5.41) is 14.9. The van der Waals surface area contributed by atoms with Gasteiger partial charge in [0.1, 0.15) is 0 Å². The number of aryl methyl sites for hydroxylation is 1. The second kappa shape index (κ2) is 3.59. The average molecular weight is 215 g/mol. The van der Waals surface area contributed by atoms with Crippen molar-refractivity contribution in [1.29, 1.82) is 0 Å². The molecule has 1 heterocycles. The Morgan fingerprint density at radius 1 is 1.38 bits per heavy atom. The standard InChI is InChI=1S/C11H13N5/c1-16-11(13-14-15-16)8-3-2-4-10(7-8)12-9-5-6-9/h2-4,7,9,12H,5-6H2,1H3. The van der Waals surface area contributed by atoms with Crippen LogP contribution in [0.2, 0.25) is 0 Å². The van der Waals surface area contributed by atoms with Crippen molar-refractivity contribution in [3.63, 3.8) is 0 Å². The minimum absolute atomic E-state index is 0.660. The van der Waals surface area contributed by atoms with Gasteiger partial charge in [0.25, 0.3) is 0 Å². The van der Waals surface area contributed by atoms with E-state index in [1.807, 2.05) is 19.2 Å². The summed E-state index contributed by atoms with van der Waals surface area (Å²) in [5.74, 6) is 0.791. The Kier molecular flexibility index (Phi) is 2.09. The van der Waals surface area contributed by atoms with E-state index in [-0.39, 0.29) is 0 Å². The van der Waals surface area contributed by atoms with Crippen LogP contribution in [0.4, 0.5) is 5.69 Å². The zero-order valence-electron chi connectivity index (χ0n) is 9.09. The van der Waals surface area contributed by atoms with Crippen LogP contribution < -0.4 is 5.32 Å². The smallest absolute Gasteiger partial charge is 0.181 e. The third kappa shape index (κ3) is 1.76. The van der Waals surface area contributed by atoms with Crippen LogP contribution in [-0.2, 0) is 7.05 Å². The number of tetrazole rings is 1. The van der Waals surface area contributed by atoms with Gasteiger partial charge in [0, 0.05) is 24.3 Å². The van der Waals surface area contributed by atoms with E-state index in [4.69, 9.17) is 0 Å². The second-order valence-corrected chi connectivity index (χ2v) is 4.13. The van der Waals surface area contributed by atoms with Gasteiger partial charge in [-0.3, -0.25) is 0 Å². The Balaban J connectivity index is 1.92. The molecule has 5 heteroatoms. The van der Waals surface area contributed by atoms with E-state index < -0.39 is 0 Å².